The molecule has 0 fully saturated rings. The minimum atomic E-state index is 0.351. The van der Waals surface area contributed by atoms with Crippen LogP contribution in [-0.2, 0) is 0 Å². The lowest BCUT2D eigenvalue weighted by Crippen LogP contribution is -2.12. The van der Waals surface area contributed by atoms with Crippen molar-refractivity contribution in [2.24, 2.45) is 0 Å². The minimum absolute atomic E-state index is 0.351. The van der Waals surface area contributed by atoms with Crippen LogP contribution in [0.1, 0.15) is 18.5 Å². The van der Waals surface area contributed by atoms with Gasteiger partial charge in [0.1, 0.15) is 6.33 Å². The normalized spacial score (nSPS) is 12.4. The molecule has 1 unspecified atom stereocenters. The van der Waals surface area contributed by atoms with Gasteiger partial charge >= 0.3 is 0 Å². The molecule has 2 aromatic rings. The van der Waals surface area contributed by atoms with Crippen molar-refractivity contribution < 1.29 is 0 Å². The number of benzene rings is 1. The van der Waals surface area contributed by atoms with Crippen LogP contribution in [0.15, 0.2) is 43.0 Å². The van der Waals surface area contributed by atoms with E-state index in [1.165, 1.54) is 5.56 Å². The summed E-state index contributed by atoms with van der Waals surface area (Å²) in [5, 5.41) is 3.23. The van der Waals surface area contributed by atoms with Gasteiger partial charge in [0, 0.05) is 24.0 Å². The van der Waals surface area contributed by atoms with Crippen molar-refractivity contribution in [2.75, 3.05) is 7.05 Å². The Bertz CT molecular complexity index is 454. The highest BCUT2D eigenvalue weighted by molar-refractivity contribution is 5.62. The third-order valence-electron chi connectivity index (χ3n) is 2.71. The van der Waals surface area contributed by atoms with Crippen LogP contribution in [0.4, 0.5) is 0 Å². The van der Waals surface area contributed by atoms with Crippen molar-refractivity contribution in [3.05, 3.63) is 48.5 Å². The molecule has 0 saturated heterocycles. The molecule has 1 aromatic heterocycles. The van der Waals surface area contributed by atoms with Gasteiger partial charge in [-0.3, -0.25) is 0 Å². The number of rotatable bonds is 3. The highest BCUT2D eigenvalue weighted by Crippen LogP contribution is 2.21. The summed E-state index contributed by atoms with van der Waals surface area (Å²) >= 11 is 0. The molecule has 0 aliphatic rings. The second-order valence-electron chi connectivity index (χ2n) is 3.76. The maximum absolute atomic E-state index is 4.03. The minimum Gasteiger partial charge on any atom is -0.313 e. The van der Waals surface area contributed by atoms with E-state index in [0.29, 0.717) is 6.04 Å². The molecule has 0 bridgehead atoms. The Labute approximate surface area is 95.6 Å². The van der Waals surface area contributed by atoms with Crippen LogP contribution in [0.3, 0.4) is 0 Å². The first-order valence-corrected chi connectivity index (χ1v) is 5.34. The molecule has 16 heavy (non-hydrogen) atoms. The van der Waals surface area contributed by atoms with Gasteiger partial charge in [0.25, 0.3) is 0 Å². The van der Waals surface area contributed by atoms with E-state index in [1.807, 2.05) is 19.4 Å². The number of hydrogen-bond donors (Lipinski definition) is 1. The van der Waals surface area contributed by atoms with Crippen molar-refractivity contribution in [3.8, 4) is 11.1 Å². The number of nitrogens with zero attached hydrogens (tertiary/aromatic N) is 2. The Hall–Kier alpha value is -1.74. The molecule has 1 N–H and O–H groups in total. The second kappa shape index (κ2) is 4.86. The molecule has 3 nitrogen and oxygen atoms in total. The SMILES string of the molecule is CNC(C)c1cccc(-c2cncnc2)c1. The average molecular weight is 213 g/mol. The first kappa shape index (κ1) is 10.8. The molecule has 1 aromatic carbocycles. The van der Waals surface area contributed by atoms with Crippen molar-refractivity contribution in [1.29, 1.82) is 0 Å². The molecular weight excluding hydrogens is 198 g/mol. The standard InChI is InChI=1S/C13H15N3/c1-10(14-2)11-4-3-5-12(6-11)13-7-15-9-16-8-13/h3-10,14H,1-2H3. The quantitative estimate of drug-likeness (QED) is 0.850. The zero-order valence-corrected chi connectivity index (χ0v) is 9.51. The van der Waals surface area contributed by atoms with Crippen LogP contribution in [0, 0.1) is 0 Å². The van der Waals surface area contributed by atoms with Crippen molar-refractivity contribution in [2.45, 2.75) is 13.0 Å². The van der Waals surface area contributed by atoms with E-state index < -0.39 is 0 Å². The van der Waals surface area contributed by atoms with E-state index >= 15 is 0 Å². The lowest BCUT2D eigenvalue weighted by Gasteiger charge is -2.11. The zero-order valence-electron chi connectivity index (χ0n) is 9.51. The fraction of sp³-hybridized carbons (Fsp3) is 0.231. The van der Waals surface area contributed by atoms with Gasteiger partial charge in [0.2, 0.25) is 0 Å². The lowest BCUT2D eigenvalue weighted by atomic mass is 10.0. The Morgan fingerprint density at radius 2 is 1.88 bits per heavy atom. The summed E-state index contributed by atoms with van der Waals surface area (Å²) in [5.74, 6) is 0. The number of nitrogens with one attached hydrogen (secondary N) is 1. The molecule has 1 atom stereocenters. The van der Waals surface area contributed by atoms with Crippen LogP contribution in [-0.4, -0.2) is 17.0 Å². The van der Waals surface area contributed by atoms with E-state index in [2.05, 4.69) is 46.5 Å². The van der Waals surface area contributed by atoms with Gasteiger partial charge in [0.05, 0.1) is 0 Å². The first-order chi connectivity index (χ1) is 7.81. The highest BCUT2D eigenvalue weighted by atomic mass is 14.8. The molecule has 82 valence electrons. The van der Waals surface area contributed by atoms with E-state index in [-0.39, 0.29) is 0 Å². The average Bonchev–Trinajstić information content (AvgIpc) is 2.39. The van der Waals surface area contributed by atoms with E-state index in [0.717, 1.165) is 11.1 Å². The Morgan fingerprint density at radius 1 is 1.12 bits per heavy atom. The van der Waals surface area contributed by atoms with Crippen molar-refractivity contribution in [3.63, 3.8) is 0 Å². The molecule has 3 heteroatoms. The second-order valence-corrected chi connectivity index (χ2v) is 3.76. The van der Waals surface area contributed by atoms with Crippen LogP contribution in [0.2, 0.25) is 0 Å². The van der Waals surface area contributed by atoms with Gasteiger partial charge in [-0.05, 0) is 31.2 Å². The molecule has 0 amide bonds. The summed E-state index contributed by atoms with van der Waals surface area (Å²) in [6, 6.07) is 8.77. The predicted molar refractivity (Wildman–Crippen MR) is 64.9 cm³/mol. The van der Waals surface area contributed by atoms with Gasteiger partial charge in [-0.15, -0.1) is 0 Å². The molecule has 0 aliphatic heterocycles. The van der Waals surface area contributed by atoms with Crippen LogP contribution in [0.5, 0.6) is 0 Å². The fourth-order valence-corrected chi connectivity index (χ4v) is 1.60. The smallest absolute Gasteiger partial charge is 0.115 e. The zero-order chi connectivity index (χ0) is 11.4. The summed E-state index contributed by atoms with van der Waals surface area (Å²) in [6.45, 7) is 2.14. The molecule has 0 radical (unpaired) electrons. The van der Waals surface area contributed by atoms with Crippen molar-refractivity contribution in [1.82, 2.24) is 15.3 Å². The predicted octanol–water partition coefficient (Wildman–Crippen LogP) is 2.42. The van der Waals surface area contributed by atoms with E-state index in [1.54, 1.807) is 6.33 Å². The van der Waals surface area contributed by atoms with Gasteiger partial charge in [-0.25, -0.2) is 9.97 Å². The molecule has 0 spiro atoms. The molecule has 0 saturated carbocycles. The van der Waals surface area contributed by atoms with Gasteiger partial charge < -0.3 is 5.32 Å². The third-order valence-corrected chi connectivity index (χ3v) is 2.71. The Kier molecular flexibility index (Phi) is 3.27. The van der Waals surface area contributed by atoms with Gasteiger partial charge in [-0.2, -0.15) is 0 Å². The van der Waals surface area contributed by atoms with Crippen LogP contribution < -0.4 is 5.32 Å². The fourth-order valence-electron chi connectivity index (χ4n) is 1.60. The van der Waals surface area contributed by atoms with Gasteiger partial charge in [0.15, 0.2) is 0 Å². The summed E-state index contributed by atoms with van der Waals surface area (Å²) in [5.41, 5.74) is 3.47. The van der Waals surface area contributed by atoms with E-state index in [9.17, 15) is 0 Å². The molecule has 2 rings (SSSR count). The highest BCUT2D eigenvalue weighted by Gasteiger charge is 2.04. The number of hydrogen-bond acceptors (Lipinski definition) is 3. The summed E-state index contributed by atoms with van der Waals surface area (Å²) in [6.07, 6.45) is 5.20. The Morgan fingerprint density at radius 3 is 2.56 bits per heavy atom. The summed E-state index contributed by atoms with van der Waals surface area (Å²) < 4.78 is 0. The van der Waals surface area contributed by atoms with Gasteiger partial charge in [-0.1, -0.05) is 18.2 Å². The molecule has 0 aliphatic carbocycles. The summed E-state index contributed by atoms with van der Waals surface area (Å²) in [4.78, 5) is 8.06. The van der Waals surface area contributed by atoms with Crippen LogP contribution >= 0.6 is 0 Å². The molecule has 1 heterocycles. The van der Waals surface area contributed by atoms with Crippen LogP contribution in [0.25, 0.3) is 11.1 Å². The summed E-state index contributed by atoms with van der Waals surface area (Å²) in [7, 11) is 1.96. The number of aromatic nitrogens is 2. The maximum Gasteiger partial charge on any atom is 0.115 e. The molecular formula is C13H15N3. The third kappa shape index (κ3) is 2.25. The first-order valence-electron chi connectivity index (χ1n) is 5.34. The van der Waals surface area contributed by atoms with Crippen molar-refractivity contribution >= 4 is 0 Å². The Balaban J connectivity index is 2.36. The lowest BCUT2D eigenvalue weighted by molar-refractivity contribution is 0.652. The van der Waals surface area contributed by atoms with E-state index in [4.69, 9.17) is 0 Å². The topological polar surface area (TPSA) is 37.8 Å². The maximum atomic E-state index is 4.03. The largest absolute Gasteiger partial charge is 0.313 e. The monoisotopic (exact) mass is 213 g/mol.